The maximum Gasteiger partial charge on any atom is 0.225 e. The maximum absolute atomic E-state index is 12.5. The van der Waals surface area contributed by atoms with Crippen LogP contribution in [0.5, 0.6) is 0 Å². The Morgan fingerprint density at radius 2 is 1.84 bits per heavy atom. The fourth-order valence-electron chi connectivity index (χ4n) is 4.35. The topological polar surface area (TPSA) is 77.5 Å². The van der Waals surface area contributed by atoms with Gasteiger partial charge in [-0.05, 0) is 51.9 Å². The van der Waals surface area contributed by atoms with Gasteiger partial charge in [0.1, 0.15) is 0 Å². The molecule has 1 N–H and O–H groups in total. The van der Waals surface area contributed by atoms with E-state index in [9.17, 15) is 4.79 Å². The van der Waals surface area contributed by atoms with Crippen molar-refractivity contribution in [3.63, 3.8) is 0 Å². The molecule has 0 saturated carbocycles. The number of hydrogen-bond acceptors (Lipinski definition) is 8. The third kappa shape index (κ3) is 6.44. The van der Waals surface area contributed by atoms with E-state index in [2.05, 4.69) is 40.3 Å². The highest BCUT2D eigenvalue weighted by Gasteiger charge is 2.25. The van der Waals surface area contributed by atoms with Gasteiger partial charge in [-0.2, -0.15) is 0 Å². The fraction of sp³-hybridized carbons (Fsp3) is 0.636. The number of piperazine rings is 1. The molecule has 0 spiro atoms. The van der Waals surface area contributed by atoms with Gasteiger partial charge in [0.2, 0.25) is 11.9 Å². The van der Waals surface area contributed by atoms with Crippen molar-refractivity contribution in [3.05, 3.63) is 34.5 Å². The summed E-state index contributed by atoms with van der Waals surface area (Å²) in [6, 6.07) is 1.85. The number of piperidine rings is 1. The number of thiazole rings is 1. The van der Waals surface area contributed by atoms with Gasteiger partial charge in [-0.3, -0.25) is 14.6 Å². The van der Waals surface area contributed by atoms with Crippen molar-refractivity contribution < 1.29 is 4.79 Å². The number of anilines is 1. The molecule has 2 aromatic rings. The highest BCUT2D eigenvalue weighted by atomic mass is 32.1. The molecular weight excluding hydrogens is 410 g/mol. The average molecular weight is 444 g/mol. The van der Waals surface area contributed by atoms with Crippen LogP contribution in [0.4, 0.5) is 5.95 Å². The summed E-state index contributed by atoms with van der Waals surface area (Å²) in [5, 5.41) is 6.43. The average Bonchev–Trinajstić information content (AvgIpc) is 3.22. The quantitative estimate of drug-likeness (QED) is 0.623. The van der Waals surface area contributed by atoms with E-state index >= 15 is 0 Å². The lowest BCUT2D eigenvalue weighted by molar-refractivity contribution is -0.126. The summed E-state index contributed by atoms with van der Waals surface area (Å²) in [7, 11) is 0. The van der Waals surface area contributed by atoms with Crippen LogP contribution in [-0.4, -0.2) is 83.0 Å². The van der Waals surface area contributed by atoms with Gasteiger partial charge in [-0.1, -0.05) is 0 Å². The van der Waals surface area contributed by atoms with Crippen LogP contribution in [-0.2, 0) is 11.3 Å². The molecule has 2 saturated heterocycles. The summed E-state index contributed by atoms with van der Waals surface area (Å²) in [5.41, 5.74) is 1.16. The summed E-state index contributed by atoms with van der Waals surface area (Å²) in [6.45, 7) is 10.6. The minimum Gasteiger partial charge on any atom is -0.356 e. The van der Waals surface area contributed by atoms with Crippen LogP contribution in [0.15, 0.2) is 23.8 Å². The van der Waals surface area contributed by atoms with Crippen LogP contribution < -0.4 is 10.2 Å². The van der Waals surface area contributed by atoms with Crippen molar-refractivity contribution in [3.8, 4) is 0 Å². The smallest absolute Gasteiger partial charge is 0.225 e. The molecule has 1 amide bonds. The van der Waals surface area contributed by atoms with Crippen LogP contribution >= 0.6 is 11.3 Å². The SMILES string of the molecule is Cc1nc(CN2CCC(C(=O)NCCCN3CCN(c4ncccn4)CC3)CC2)cs1. The van der Waals surface area contributed by atoms with Gasteiger partial charge in [0.25, 0.3) is 0 Å². The monoisotopic (exact) mass is 443 g/mol. The first-order valence-electron chi connectivity index (χ1n) is 11.3. The second-order valence-corrected chi connectivity index (χ2v) is 9.49. The van der Waals surface area contributed by atoms with Crippen LogP contribution in [0.3, 0.4) is 0 Å². The van der Waals surface area contributed by atoms with Gasteiger partial charge >= 0.3 is 0 Å². The second-order valence-electron chi connectivity index (χ2n) is 8.43. The first-order valence-corrected chi connectivity index (χ1v) is 12.2. The number of carbonyl (C=O) groups is 1. The van der Waals surface area contributed by atoms with Crippen LogP contribution in [0.1, 0.15) is 30.0 Å². The first kappa shape index (κ1) is 22.1. The Morgan fingerprint density at radius 1 is 1.10 bits per heavy atom. The number of hydrogen-bond donors (Lipinski definition) is 1. The molecule has 0 aromatic carbocycles. The van der Waals surface area contributed by atoms with Crippen molar-refractivity contribution in [1.82, 2.24) is 30.1 Å². The van der Waals surface area contributed by atoms with E-state index in [1.54, 1.807) is 23.7 Å². The molecule has 4 rings (SSSR count). The van der Waals surface area contributed by atoms with E-state index < -0.39 is 0 Å². The number of carbonyl (C=O) groups excluding carboxylic acids is 1. The maximum atomic E-state index is 12.5. The number of rotatable bonds is 8. The van der Waals surface area contributed by atoms with Gasteiger partial charge in [-0.15, -0.1) is 11.3 Å². The normalized spacial score (nSPS) is 18.9. The Labute approximate surface area is 188 Å². The Balaban J connectivity index is 1.07. The van der Waals surface area contributed by atoms with E-state index in [4.69, 9.17) is 0 Å². The molecule has 0 radical (unpaired) electrons. The lowest BCUT2D eigenvalue weighted by Crippen LogP contribution is -2.47. The molecule has 9 heteroatoms. The van der Waals surface area contributed by atoms with E-state index in [1.807, 2.05) is 13.0 Å². The molecule has 2 aliphatic heterocycles. The molecule has 4 heterocycles. The van der Waals surface area contributed by atoms with E-state index in [-0.39, 0.29) is 11.8 Å². The summed E-state index contributed by atoms with van der Waals surface area (Å²) < 4.78 is 0. The number of likely N-dealkylation sites (tertiary alicyclic amines) is 1. The number of aromatic nitrogens is 3. The van der Waals surface area contributed by atoms with Gasteiger partial charge in [0.15, 0.2) is 0 Å². The largest absolute Gasteiger partial charge is 0.356 e. The number of nitrogens with one attached hydrogen (secondary N) is 1. The zero-order valence-electron chi connectivity index (χ0n) is 18.4. The Bertz CT molecular complexity index is 814. The zero-order valence-corrected chi connectivity index (χ0v) is 19.2. The van der Waals surface area contributed by atoms with Gasteiger partial charge in [0, 0.05) is 63.0 Å². The predicted octanol–water partition coefficient (Wildman–Crippen LogP) is 1.78. The Morgan fingerprint density at radius 3 is 2.52 bits per heavy atom. The number of nitrogens with zero attached hydrogens (tertiary/aromatic N) is 6. The highest BCUT2D eigenvalue weighted by Crippen LogP contribution is 2.20. The number of aryl methyl sites for hydroxylation is 1. The summed E-state index contributed by atoms with van der Waals surface area (Å²) >= 11 is 1.71. The molecule has 2 fully saturated rings. The summed E-state index contributed by atoms with van der Waals surface area (Å²) in [4.78, 5) is 32.9. The van der Waals surface area contributed by atoms with Gasteiger partial charge in [-0.25, -0.2) is 15.0 Å². The van der Waals surface area contributed by atoms with Crippen molar-refractivity contribution in [2.45, 2.75) is 32.7 Å². The summed E-state index contributed by atoms with van der Waals surface area (Å²) in [5.74, 6) is 1.21. The van der Waals surface area contributed by atoms with Gasteiger partial charge < -0.3 is 10.2 Å². The molecular formula is C22H33N7OS. The van der Waals surface area contributed by atoms with Crippen molar-refractivity contribution >= 4 is 23.2 Å². The third-order valence-electron chi connectivity index (χ3n) is 6.17. The van der Waals surface area contributed by atoms with Crippen LogP contribution in [0.2, 0.25) is 0 Å². The minimum atomic E-state index is 0.155. The highest BCUT2D eigenvalue weighted by molar-refractivity contribution is 7.09. The zero-order chi connectivity index (χ0) is 21.5. The minimum absolute atomic E-state index is 0.155. The molecule has 2 aliphatic rings. The standard InChI is InChI=1S/C22H33N7OS/c1-18-26-20(17-31-18)16-28-10-4-19(5-11-28)21(30)23-8-3-9-27-12-14-29(15-13-27)22-24-6-2-7-25-22/h2,6-7,17,19H,3-5,8-16H2,1H3,(H,23,30). The second kappa shape index (κ2) is 11.0. The lowest BCUT2D eigenvalue weighted by Gasteiger charge is -2.34. The summed E-state index contributed by atoms with van der Waals surface area (Å²) in [6.07, 6.45) is 6.47. The molecule has 0 unspecified atom stereocenters. The molecule has 0 atom stereocenters. The van der Waals surface area contributed by atoms with Crippen LogP contribution in [0, 0.1) is 12.8 Å². The Kier molecular flexibility index (Phi) is 7.82. The van der Waals surface area contributed by atoms with E-state index in [1.165, 1.54) is 0 Å². The molecule has 8 nitrogen and oxygen atoms in total. The Hall–Kier alpha value is -2.10. The fourth-order valence-corrected chi connectivity index (χ4v) is 4.95. The van der Waals surface area contributed by atoms with Crippen LogP contribution in [0.25, 0.3) is 0 Å². The van der Waals surface area contributed by atoms with Gasteiger partial charge in [0.05, 0.1) is 10.7 Å². The predicted molar refractivity (Wildman–Crippen MR) is 123 cm³/mol. The van der Waals surface area contributed by atoms with Crippen molar-refractivity contribution in [2.24, 2.45) is 5.92 Å². The van der Waals surface area contributed by atoms with E-state index in [0.29, 0.717) is 0 Å². The van der Waals surface area contributed by atoms with Crippen molar-refractivity contribution in [2.75, 3.05) is 57.3 Å². The van der Waals surface area contributed by atoms with E-state index in [0.717, 1.165) is 94.8 Å². The first-order chi connectivity index (χ1) is 15.2. The molecule has 0 aliphatic carbocycles. The molecule has 168 valence electrons. The molecule has 31 heavy (non-hydrogen) atoms. The number of amides is 1. The lowest BCUT2D eigenvalue weighted by atomic mass is 9.96. The third-order valence-corrected chi connectivity index (χ3v) is 6.99. The van der Waals surface area contributed by atoms with Crippen molar-refractivity contribution in [1.29, 1.82) is 0 Å². The molecule has 2 aromatic heterocycles. The molecule has 0 bridgehead atoms.